The van der Waals surface area contributed by atoms with Gasteiger partial charge in [0.25, 0.3) is 0 Å². The van der Waals surface area contributed by atoms with Gasteiger partial charge in [-0.1, -0.05) is 30.3 Å². The van der Waals surface area contributed by atoms with E-state index in [-0.39, 0.29) is 0 Å². The number of rotatable bonds is 1. The predicted octanol–water partition coefficient (Wildman–Crippen LogP) is 2.63. The van der Waals surface area contributed by atoms with Gasteiger partial charge in [0.1, 0.15) is 0 Å². The van der Waals surface area contributed by atoms with Crippen LogP contribution >= 0.6 is 0 Å². The molecule has 0 saturated heterocycles. The van der Waals surface area contributed by atoms with Crippen LogP contribution in [0.1, 0.15) is 5.69 Å². The van der Waals surface area contributed by atoms with Crippen molar-refractivity contribution in [1.82, 2.24) is 14.4 Å². The summed E-state index contributed by atoms with van der Waals surface area (Å²) in [6.45, 7) is 1.96. The highest BCUT2D eigenvalue weighted by atomic mass is 15.4. The van der Waals surface area contributed by atoms with Crippen molar-refractivity contribution >= 4 is 5.70 Å². The lowest BCUT2D eigenvalue weighted by Crippen LogP contribution is -2.21. The molecule has 1 aromatic heterocycles. The molecular weight excluding hydrogens is 222 g/mol. The van der Waals surface area contributed by atoms with Gasteiger partial charge in [-0.15, -0.1) is 0 Å². The van der Waals surface area contributed by atoms with Crippen molar-refractivity contribution in [2.75, 3.05) is 13.7 Å². The van der Waals surface area contributed by atoms with Crippen LogP contribution in [0.25, 0.3) is 16.8 Å². The van der Waals surface area contributed by atoms with Gasteiger partial charge < -0.3 is 14.4 Å². The highest BCUT2D eigenvalue weighted by molar-refractivity contribution is 5.81. The molecule has 0 aliphatic carbocycles. The molecule has 3 heterocycles. The summed E-state index contributed by atoms with van der Waals surface area (Å²) in [7, 11) is 2.13. The number of fused-ring (bicyclic) bond motifs is 3. The number of hydrogen-bond acceptors (Lipinski definition) is 2. The van der Waals surface area contributed by atoms with Crippen LogP contribution < -0.4 is 0 Å². The third-order valence-corrected chi connectivity index (χ3v) is 3.69. The number of nitrogens with zero attached hydrogens (tertiary/aromatic N) is 3. The Morgan fingerprint density at radius 1 is 1.00 bits per heavy atom. The minimum atomic E-state index is 0.971. The van der Waals surface area contributed by atoms with E-state index in [2.05, 4.69) is 70.2 Å². The highest BCUT2D eigenvalue weighted by Crippen LogP contribution is 2.39. The summed E-state index contributed by atoms with van der Waals surface area (Å²) < 4.78 is 2.33. The Kier molecular flexibility index (Phi) is 1.87. The van der Waals surface area contributed by atoms with E-state index in [9.17, 15) is 0 Å². The fourth-order valence-corrected chi connectivity index (χ4v) is 2.92. The van der Waals surface area contributed by atoms with Crippen molar-refractivity contribution in [1.29, 1.82) is 0 Å². The van der Waals surface area contributed by atoms with Crippen LogP contribution in [0, 0.1) is 0 Å². The van der Waals surface area contributed by atoms with Crippen LogP contribution in [-0.4, -0.2) is 28.1 Å². The van der Waals surface area contributed by atoms with E-state index in [0.29, 0.717) is 0 Å². The average Bonchev–Trinajstić information content (AvgIpc) is 3.00. The molecule has 0 saturated carbocycles. The molecule has 0 fully saturated rings. The Morgan fingerprint density at radius 3 is 2.67 bits per heavy atom. The van der Waals surface area contributed by atoms with Crippen molar-refractivity contribution in [2.24, 2.45) is 0 Å². The smallest absolute Gasteiger partial charge is 0.0965 e. The second-order valence-corrected chi connectivity index (χ2v) is 5.01. The third kappa shape index (κ3) is 1.24. The Morgan fingerprint density at radius 2 is 1.83 bits per heavy atom. The molecule has 0 amide bonds. The monoisotopic (exact) mass is 237 g/mol. The zero-order valence-corrected chi connectivity index (χ0v) is 10.4. The summed E-state index contributed by atoms with van der Waals surface area (Å²) in [5.41, 5.74) is 5.33. The molecule has 18 heavy (non-hydrogen) atoms. The molecule has 0 bridgehead atoms. The Labute approximate surface area is 107 Å². The highest BCUT2D eigenvalue weighted by Gasteiger charge is 2.31. The quantitative estimate of drug-likeness (QED) is 0.755. The van der Waals surface area contributed by atoms with Crippen molar-refractivity contribution in [3.8, 4) is 11.1 Å². The van der Waals surface area contributed by atoms with Gasteiger partial charge in [0.05, 0.1) is 24.7 Å². The first-order valence-electron chi connectivity index (χ1n) is 6.25. The van der Waals surface area contributed by atoms with E-state index in [1.807, 2.05) is 0 Å². The molecule has 0 unspecified atom stereocenters. The SMILES string of the molecule is CN1C=C2c3c(-c4ccccc4)ccn3CN2C1. The van der Waals surface area contributed by atoms with E-state index in [0.717, 1.165) is 13.3 Å². The van der Waals surface area contributed by atoms with Crippen molar-refractivity contribution in [2.45, 2.75) is 6.67 Å². The van der Waals surface area contributed by atoms with Crippen LogP contribution in [0.2, 0.25) is 0 Å². The molecule has 90 valence electrons. The summed E-state index contributed by atoms with van der Waals surface area (Å²) >= 11 is 0. The molecule has 3 heteroatoms. The maximum absolute atomic E-state index is 2.40. The average molecular weight is 237 g/mol. The summed E-state index contributed by atoms with van der Waals surface area (Å²) in [4.78, 5) is 4.64. The molecule has 1 aromatic carbocycles. The molecule has 0 radical (unpaired) electrons. The Balaban J connectivity index is 1.88. The van der Waals surface area contributed by atoms with Crippen LogP contribution in [0.15, 0.2) is 48.8 Å². The van der Waals surface area contributed by atoms with Crippen LogP contribution in [0.3, 0.4) is 0 Å². The lowest BCUT2D eigenvalue weighted by Gasteiger charge is -2.15. The van der Waals surface area contributed by atoms with Gasteiger partial charge in [-0.25, -0.2) is 0 Å². The maximum atomic E-state index is 2.40. The van der Waals surface area contributed by atoms with E-state index >= 15 is 0 Å². The first kappa shape index (κ1) is 9.83. The second-order valence-electron chi connectivity index (χ2n) is 5.01. The molecule has 0 N–H and O–H groups in total. The van der Waals surface area contributed by atoms with Gasteiger partial charge in [0.2, 0.25) is 0 Å². The van der Waals surface area contributed by atoms with Crippen molar-refractivity contribution in [3.05, 3.63) is 54.5 Å². The minimum Gasteiger partial charge on any atom is -0.361 e. The van der Waals surface area contributed by atoms with Crippen molar-refractivity contribution < 1.29 is 0 Å². The van der Waals surface area contributed by atoms with Crippen LogP contribution in [0.5, 0.6) is 0 Å². The molecule has 2 aliphatic heterocycles. The molecule has 0 spiro atoms. The van der Waals surface area contributed by atoms with Crippen LogP contribution in [-0.2, 0) is 6.67 Å². The molecular formula is C15H15N3. The maximum Gasteiger partial charge on any atom is 0.0965 e. The normalized spacial score (nSPS) is 16.8. The standard InChI is InChI=1S/C15H15N3/c1-16-9-14-15-13(12-5-3-2-4-6-12)7-8-17(15)11-18(14)10-16/h2-9H,10-11H2,1H3. The topological polar surface area (TPSA) is 11.4 Å². The van der Waals surface area contributed by atoms with Gasteiger partial charge in [-0.2, -0.15) is 0 Å². The van der Waals surface area contributed by atoms with E-state index in [4.69, 9.17) is 0 Å². The summed E-state index contributed by atoms with van der Waals surface area (Å²) in [5.74, 6) is 0. The zero-order valence-electron chi connectivity index (χ0n) is 10.4. The van der Waals surface area contributed by atoms with Gasteiger partial charge in [0.15, 0.2) is 0 Å². The molecule has 4 rings (SSSR count). The van der Waals surface area contributed by atoms with E-state index in [1.165, 1.54) is 22.5 Å². The number of benzene rings is 1. The molecule has 0 atom stereocenters. The fourth-order valence-electron chi connectivity index (χ4n) is 2.92. The largest absolute Gasteiger partial charge is 0.361 e. The third-order valence-electron chi connectivity index (χ3n) is 3.69. The Hall–Kier alpha value is -2.16. The van der Waals surface area contributed by atoms with Crippen LogP contribution in [0.4, 0.5) is 0 Å². The summed E-state index contributed by atoms with van der Waals surface area (Å²) in [6.07, 6.45) is 4.43. The fraction of sp³-hybridized carbons (Fsp3) is 0.200. The number of aromatic nitrogens is 1. The van der Waals surface area contributed by atoms with E-state index in [1.54, 1.807) is 0 Å². The summed E-state index contributed by atoms with van der Waals surface area (Å²) in [5, 5.41) is 0. The molecule has 3 nitrogen and oxygen atoms in total. The predicted molar refractivity (Wildman–Crippen MR) is 72.3 cm³/mol. The lowest BCUT2D eigenvalue weighted by molar-refractivity contribution is 0.278. The van der Waals surface area contributed by atoms with Gasteiger partial charge in [-0.05, 0) is 11.6 Å². The molecule has 2 aliphatic rings. The van der Waals surface area contributed by atoms with E-state index < -0.39 is 0 Å². The number of hydrogen-bond donors (Lipinski definition) is 0. The van der Waals surface area contributed by atoms with Gasteiger partial charge in [0, 0.05) is 25.0 Å². The van der Waals surface area contributed by atoms with Gasteiger partial charge >= 0.3 is 0 Å². The first-order valence-corrected chi connectivity index (χ1v) is 6.25. The molecule has 2 aromatic rings. The van der Waals surface area contributed by atoms with Crippen molar-refractivity contribution in [3.63, 3.8) is 0 Å². The summed E-state index contributed by atoms with van der Waals surface area (Å²) in [6, 6.07) is 12.8. The minimum absolute atomic E-state index is 0.971. The second kappa shape index (κ2) is 3.42. The first-order chi connectivity index (χ1) is 8.83. The Bertz CT molecular complexity index is 624. The zero-order chi connectivity index (χ0) is 12.1. The van der Waals surface area contributed by atoms with Gasteiger partial charge in [-0.3, -0.25) is 0 Å². The lowest BCUT2D eigenvalue weighted by atomic mass is 10.1.